The van der Waals surface area contributed by atoms with Crippen molar-refractivity contribution in [2.75, 3.05) is 6.54 Å². The van der Waals surface area contributed by atoms with Crippen molar-refractivity contribution >= 4 is 0 Å². The van der Waals surface area contributed by atoms with E-state index in [1.165, 1.54) is 0 Å². The van der Waals surface area contributed by atoms with Crippen LogP contribution in [0.25, 0.3) is 0 Å². The number of nitrogens with two attached hydrogens (primary N) is 1. The molecule has 4 nitrogen and oxygen atoms in total. The molecule has 1 aromatic heterocycles. The summed E-state index contributed by atoms with van der Waals surface area (Å²) in [6.45, 7) is 0.607. The first kappa shape index (κ1) is 15.2. The Labute approximate surface area is 119 Å². The maximum Gasteiger partial charge on any atom is 0.433 e. The number of alkyl halides is 3. The number of nitrogens with zero attached hydrogens (tertiary/aromatic N) is 2. The minimum absolute atomic E-state index is 0.334. The van der Waals surface area contributed by atoms with Gasteiger partial charge >= 0.3 is 12.2 Å². The molecule has 0 saturated carbocycles. The lowest BCUT2D eigenvalue weighted by molar-refractivity contribution is -0.141. The third-order valence-corrected chi connectivity index (χ3v) is 2.73. The van der Waals surface area contributed by atoms with E-state index in [1.54, 1.807) is 12.1 Å². The van der Waals surface area contributed by atoms with Crippen LogP contribution in [-0.2, 0) is 12.6 Å². The summed E-state index contributed by atoms with van der Waals surface area (Å²) in [6, 6.07) is 7.45. The van der Waals surface area contributed by atoms with Crippen molar-refractivity contribution in [2.45, 2.75) is 19.0 Å². The maximum absolute atomic E-state index is 12.5. The zero-order chi connectivity index (χ0) is 15.3. The van der Waals surface area contributed by atoms with Gasteiger partial charge in [-0.3, -0.25) is 0 Å². The molecule has 0 atom stereocenters. The molecule has 2 aromatic rings. The van der Waals surface area contributed by atoms with Gasteiger partial charge in [-0.05, 0) is 43.1 Å². The minimum atomic E-state index is -4.52. The predicted molar refractivity (Wildman–Crippen MR) is 70.9 cm³/mol. The lowest BCUT2D eigenvalue weighted by Crippen LogP contribution is -2.08. The van der Waals surface area contributed by atoms with Crippen LogP contribution in [0.3, 0.4) is 0 Å². The van der Waals surface area contributed by atoms with Crippen LogP contribution in [0.5, 0.6) is 11.8 Å². The van der Waals surface area contributed by atoms with Gasteiger partial charge in [-0.25, -0.2) is 4.98 Å². The van der Waals surface area contributed by atoms with Gasteiger partial charge < -0.3 is 10.5 Å². The van der Waals surface area contributed by atoms with Crippen LogP contribution in [0, 0.1) is 0 Å². The summed E-state index contributed by atoms with van der Waals surface area (Å²) in [5.41, 5.74) is 5.47. The van der Waals surface area contributed by atoms with E-state index in [0.717, 1.165) is 30.7 Å². The fraction of sp³-hybridized carbons (Fsp3) is 0.286. The molecule has 1 heterocycles. The second kappa shape index (κ2) is 6.53. The van der Waals surface area contributed by atoms with E-state index in [4.69, 9.17) is 10.5 Å². The van der Waals surface area contributed by atoms with E-state index in [1.807, 2.05) is 12.1 Å². The molecule has 0 radical (unpaired) electrons. The van der Waals surface area contributed by atoms with Crippen molar-refractivity contribution < 1.29 is 17.9 Å². The average molecular weight is 297 g/mol. The predicted octanol–water partition coefficient (Wildman–Crippen LogP) is 3.18. The Morgan fingerprint density at radius 3 is 2.43 bits per heavy atom. The molecule has 0 saturated heterocycles. The van der Waals surface area contributed by atoms with Crippen LogP contribution < -0.4 is 10.5 Å². The molecule has 112 valence electrons. The molecule has 0 aliphatic carbocycles. The van der Waals surface area contributed by atoms with E-state index in [0.29, 0.717) is 12.3 Å². The van der Waals surface area contributed by atoms with E-state index in [9.17, 15) is 13.2 Å². The van der Waals surface area contributed by atoms with E-state index >= 15 is 0 Å². The van der Waals surface area contributed by atoms with Crippen LogP contribution in [0.4, 0.5) is 13.2 Å². The van der Waals surface area contributed by atoms with Crippen LogP contribution in [-0.4, -0.2) is 16.5 Å². The van der Waals surface area contributed by atoms with Crippen molar-refractivity contribution in [1.29, 1.82) is 0 Å². The summed E-state index contributed by atoms with van der Waals surface area (Å²) >= 11 is 0. The van der Waals surface area contributed by atoms with Gasteiger partial charge in [-0.15, -0.1) is 0 Å². The third kappa shape index (κ3) is 4.42. The molecule has 7 heteroatoms. The van der Waals surface area contributed by atoms with Crippen LogP contribution in [0.2, 0.25) is 0 Å². The number of hydrogen-bond acceptors (Lipinski definition) is 4. The maximum atomic E-state index is 12.5. The molecule has 0 aliphatic heterocycles. The first-order valence-corrected chi connectivity index (χ1v) is 6.36. The summed E-state index contributed by atoms with van der Waals surface area (Å²) in [4.78, 5) is 7.01. The van der Waals surface area contributed by atoms with E-state index in [-0.39, 0.29) is 6.01 Å². The average Bonchev–Trinajstić information content (AvgIpc) is 2.46. The van der Waals surface area contributed by atoms with Gasteiger partial charge in [0.25, 0.3) is 0 Å². The quantitative estimate of drug-likeness (QED) is 0.920. The normalized spacial score (nSPS) is 11.4. The Morgan fingerprint density at radius 2 is 1.81 bits per heavy atom. The zero-order valence-electron chi connectivity index (χ0n) is 11.1. The highest BCUT2D eigenvalue weighted by molar-refractivity contribution is 5.29. The van der Waals surface area contributed by atoms with Crippen molar-refractivity contribution in [3.05, 3.63) is 47.8 Å². The fourth-order valence-electron chi connectivity index (χ4n) is 1.68. The Balaban J connectivity index is 2.08. The topological polar surface area (TPSA) is 61.0 Å². The van der Waals surface area contributed by atoms with Crippen molar-refractivity contribution in [1.82, 2.24) is 9.97 Å². The molecule has 2 N–H and O–H groups in total. The number of rotatable bonds is 5. The summed E-state index contributed by atoms with van der Waals surface area (Å²) in [7, 11) is 0. The molecule has 2 rings (SSSR count). The molecule has 0 unspecified atom stereocenters. The Bertz CT molecular complexity index is 585. The number of halogens is 3. The largest absolute Gasteiger partial charge is 0.433 e. The fourth-order valence-corrected chi connectivity index (χ4v) is 1.68. The molecule has 0 fully saturated rings. The van der Waals surface area contributed by atoms with Gasteiger partial charge in [0.1, 0.15) is 5.75 Å². The van der Waals surface area contributed by atoms with E-state index < -0.39 is 11.9 Å². The molecule has 21 heavy (non-hydrogen) atoms. The second-order valence-corrected chi connectivity index (χ2v) is 4.36. The monoisotopic (exact) mass is 297 g/mol. The molecule has 0 amide bonds. The second-order valence-electron chi connectivity index (χ2n) is 4.36. The summed E-state index contributed by atoms with van der Waals surface area (Å²) in [5.74, 6) is 0.380. The first-order chi connectivity index (χ1) is 9.99. The standard InChI is InChI=1S/C14H14F3N3O/c15-14(16,17)12-7-9-19-13(20-12)21-11-5-3-10(4-6-11)2-1-8-18/h3-7,9H,1-2,8,18H2. The zero-order valence-corrected chi connectivity index (χ0v) is 11.1. The van der Waals surface area contributed by atoms with Crippen molar-refractivity contribution in [2.24, 2.45) is 5.73 Å². The summed E-state index contributed by atoms with van der Waals surface area (Å²) in [6.07, 6.45) is -1.79. The number of aryl methyl sites for hydroxylation is 1. The molecular weight excluding hydrogens is 283 g/mol. The van der Waals surface area contributed by atoms with E-state index in [2.05, 4.69) is 9.97 Å². The van der Waals surface area contributed by atoms with Gasteiger partial charge in [0.05, 0.1) is 0 Å². The molecular formula is C14H14F3N3O. The number of ether oxygens (including phenoxy) is 1. The minimum Gasteiger partial charge on any atom is -0.424 e. The number of aromatic nitrogens is 2. The van der Waals surface area contributed by atoms with Crippen LogP contribution >= 0.6 is 0 Å². The van der Waals surface area contributed by atoms with Crippen LogP contribution in [0.15, 0.2) is 36.5 Å². The van der Waals surface area contributed by atoms with Gasteiger partial charge in [0.15, 0.2) is 5.69 Å². The Kier molecular flexibility index (Phi) is 4.74. The highest BCUT2D eigenvalue weighted by atomic mass is 19.4. The third-order valence-electron chi connectivity index (χ3n) is 2.73. The van der Waals surface area contributed by atoms with Crippen molar-refractivity contribution in [3.8, 4) is 11.8 Å². The lowest BCUT2D eigenvalue weighted by atomic mass is 10.1. The lowest BCUT2D eigenvalue weighted by Gasteiger charge is -2.08. The smallest absolute Gasteiger partial charge is 0.424 e. The molecule has 0 bridgehead atoms. The summed E-state index contributed by atoms with van der Waals surface area (Å²) < 4.78 is 42.8. The first-order valence-electron chi connectivity index (χ1n) is 6.36. The summed E-state index contributed by atoms with van der Waals surface area (Å²) in [5, 5.41) is 0. The van der Waals surface area contributed by atoms with Crippen molar-refractivity contribution in [3.63, 3.8) is 0 Å². The van der Waals surface area contributed by atoms with Gasteiger partial charge in [0, 0.05) is 6.20 Å². The molecule has 0 aliphatic rings. The van der Waals surface area contributed by atoms with Gasteiger partial charge in [-0.1, -0.05) is 12.1 Å². The molecule has 0 spiro atoms. The number of benzene rings is 1. The van der Waals surface area contributed by atoms with Crippen LogP contribution in [0.1, 0.15) is 17.7 Å². The highest BCUT2D eigenvalue weighted by Crippen LogP contribution is 2.28. The Morgan fingerprint density at radius 1 is 1.10 bits per heavy atom. The Hall–Kier alpha value is -2.15. The highest BCUT2D eigenvalue weighted by Gasteiger charge is 2.33. The van der Waals surface area contributed by atoms with Gasteiger partial charge in [-0.2, -0.15) is 18.2 Å². The molecule has 1 aromatic carbocycles. The SMILES string of the molecule is NCCCc1ccc(Oc2nccc(C(F)(F)F)n2)cc1. The van der Waals surface area contributed by atoms with Gasteiger partial charge in [0.2, 0.25) is 0 Å². The number of hydrogen-bond donors (Lipinski definition) is 1.